The van der Waals surface area contributed by atoms with Crippen LogP contribution in [0.1, 0.15) is 26.4 Å². The van der Waals surface area contributed by atoms with Gasteiger partial charge in [-0.3, -0.25) is 14.2 Å². The van der Waals surface area contributed by atoms with Gasteiger partial charge in [0.15, 0.2) is 46.1 Å². The summed E-state index contributed by atoms with van der Waals surface area (Å²) in [6.45, 7) is 0. The summed E-state index contributed by atoms with van der Waals surface area (Å²) in [5.74, 6) is -12.6. The normalized spacial score (nSPS) is 13.0. The number of oxazole rings is 1. The van der Waals surface area contributed by atoms with Crippen LogP contribution in [-0.4, -0.2) is 21.1 Å². The smallest absolute Gasteiger partial charge is 0.235 e. The number of halogens is 5. The van der Waals surface area contributed by atoms with Gasteiger partial charge in [0.05, 0.1) is 11.3 Å². The number of hydrogen-bond donors (Lipinski definition) is 0. The van der Waals surface area contributed by atoms with E-state index in [0.29, 0.717) is 5.69 Å². The molecule has 2 aromatic heterocycles. The molecule has 1 aliphatic rings. The van der Waals surface area contributed by atoms with Crippen LogP contribution in [0.15, 0.2) is 82.8 Å². The quantitative estimate of drug-likeness (QED) is 0.0741. The fourth-order valence-electron chi connectivity index (χ4n) is 5.04. The summed E-state index contributed by atoms with van der Waals surface area (Å²) in [6, 6.07) is 20.4. The van der Waals surface area contributed by atoms with Crippen LogP contribution < -0.4 is 0 Å². The predicted octanol–water partition coefficient (Wildman–Crippen LogP) is 7.60. The standard InChI is InChI=1S/C31H13F5N2O3/c32-23-22(24(33)26(35)27(36)25(23)34)31-37-30-21(41-31)13-17(38(30)16-8-2-1-3-9-16)12-20-28(39)18-10-14-6-4-5-7-15(14)11-19(18)29(20)40/h1-13H. The summed E-state index contributed by atoms with van der Waals surface area (Å²) < 4.78 is 77.3. The highest BCUT2D eigenvalue weighted by Crippen LogP contribution is 2.37. The molecule has 0 N–H and O–H groups in total. The van der Waals surface area contributed by atoms with Crippen LogP contribution in [0.4, 0.5) is 22.0 Å². The molecular weight excluding hydrogens is 543 g/mol. The molecule has 0 atom stereocenters. The van der Waals surface area contributed by atoms with Crippen LogP contribution in [0.3, 0.4) is 0 Å². The first-order valence-electron chi connectivity index (χ1n) is 12.2. The highest BCUT2D eigenvalue weighted by Gasteiger charge is 2.35. The Balaban J connectivity index is 1.42. The van der Waals surface area contributed by atoms with Crippen molar-refractivity contribution in [3.8, 4) is 17.1 Å². The maximum absolute atomic E-state index is 14.5. The third-order valence-electron chi connectivity index (χ3n) is 6.98. The van der Waals surface area contributed by atoms with Crippen molar-refractivity contribution in [3.63, 3.8) is 0 Å². The number of allylic oxidation sites excluding steroid dienone is 1. The van der Waals surface area contributed by atoms with E-state index < -0.39 is 52.1 Å². The highest BCUT2D eigenvalue weighted by atomic mass is 19.2. The molecule has 0 saturated carbocycles. The molecular formula is C31H13F5N2O3. The minimum Gasteiger partial charge on any atom is -0.434 e. The van der Waals surface area contributed by atoms with Gasteiger partial charge in [-0.15, -0.1) is 0 Å². The Hall–Kier alpha value is -5.38. The molecule has 4 aromatic carbocycles. The Labute approximate surface area is 226 Å². The summed E-state index contributed by atoms with van der Waals surface area (Å²) in [5.41, 5.74) is -0.318. The van der Waals surface area contributed by atoms with E-state index in [4.69, 9.17) is 4.42 Å². The average molecular weight is 556 g/mol. The van der Waals surface area contributed by atoms with Gasteiger partial charge in [0.25, 0.3) is 0 Å². The number of rotatable bonds is 3. The lowest BCUT2D eigenvalue weighted by Gasteiger charge is -2.08. The molecule has 0 fully saturated rings. The van der Waals surface area contributed by atoms with E-state index in [1.807, 2.05) is 24.3 Å². The lowest BCUT2D eigenvalue weighted by Crippen LogP contribution is -2.05. The number of hydrogen-bond acceptors (Lipinski definition) is 4. The van der Waals surface area contributed by atoms with Crippen molar-refractivity contribution < 1.29 is 36.0 Å². The topological polar surface area (TPSA) is 65.1 Å². The Morgan fingerprint density at radius 2 is 1.22 bits per heavy atom. The Morgan fingerprint density at radius 3 is 1.80 bits per heavy atom. The van der Waals surface area contributed by atoms with Crippen molar-refractivity contribution in [3.05, 3.63) is 124 Å². The SMILES string of the molecule is O=C1C(=Cc2cc3oc(-c4c(F)c(F)c(F)c(F)c4F)nc3n2-c2ccccc2)C(=O)c2cc3ccccc3cc21. The zero-order valence-corrected chi connectivity index (χ0v) is 20.5. The summed E-state index contributed by atoms with van der Waals surface area (Å²) in [5, 5.41) is 1.59. The second-order valence-corrected chi connectivity index (χ2v) is 9.35. The molecule has 0 aliphatic heterocycles. The molecule has 41 heavy (non-hydrogen) atoms. The molecule has 6 aromatic rings. The van der Waals surface area contributed by atoms with Gasteiger partial charge in [-0.1, -0.05) is 42.5 Å². The van der Waals surface area contributed by atoms with Crippen LogP contribution in [0.2, 0.25) is 0 Å². The first-order valence-corrected chi connectivity index (χ1v) is 12.2. The van der Waals surface area contributed by atoms with Crippen molar-refractivity contribution in [2.45, 2.75) is 0 Å². The number of carbonyl (C=O) groups excluding carboxylic acids is 2. The maximum Gasteiger partial charge on any atom is 0.235 e. The number of fused-ring (bicyclic) bond motifs is 3. The second kappa shape index (κ2) is 8.82. The molecule has 0 bridgehead atoms. The molecule has 5 nitrogen and oxygen atoms in total. The number of para-hydroxylation sites is 1. The Bertz CT molecular complexity index is 2060. The second-order valence-electron chi connectivity index (χ2n) is 9.35. The van der Waals surface area contributed by atoms with Gasteiger partial charge in [-0.05, 0) is 41.1 Å². The van der Waals surface area contributed by atoms with Crippen molar-refractivity contribution >= 4 is 39.6 Å². The first kappa shape index (κ1) is 24.6. The minimum absolute atomic E-state index is 0.0388. The van der Waals surface area contributed by atoms with E-state index in [2.05, 4.69) is 4.98 Å². The maximum atomic E-state index is 14.5. The van der Waals surface area contributed by atoms with E-state index >= 15 is 0 Å². The van der Waals surface area contributed by atoms with Crippen molar-refractivity contribution in [2.24, 2.45) is 0 Å². The van der Waals surface area contributed by atoms with Crippen LogP contribution in [0.25, 0.3) is 45.2 Å². The van der Waals surface area contributed by atoms with Crippen molar-refractivity contribution in [2.75, 3.05) is 0 Å². The van der Waals surface area contributed by atoms with Gasteiger partial charge >= 0.3 is 0 Å². The molecule has 0 unspecified atom stereocenters. The average Bonchev–Trinajstić information content (AvgIpc) is 3.60. The fraction of sp³-hybridized carbons (Fsp3) is 0. The largest absolute Gasteiger partial charge is 0.434 e. The van der Waals surface area contributed by atoms with Gasteiger partial charge < -0.3 is 4.42 Å². The fourth-order valence-corrected chi connectivity index (χ4v) is 5.04. The van der Waals surface area contributed by atoms with E-state index in [0.717, 1.165) is 10.8 Å². The van der Waals surface area contributed by atoms with E-state index in [1.54, 1.807) is 42.5 Å². The molecule has 10 heteroatoms. The first-order chi connectivity index (χ1) is 19.7. The number of ketones is 2. The molecule has 0 radical (unpaired) electrons. The molecule has 1 aliphatic carbocycles. The summed E-state index contributed by atoms with van der Waals surface area (Å²) in [7, 11) is 0. The highest BCUT2D eigenvalue weighted by molar-refractivity contribution is 6.42. The zero-order chi connectivity index (χ0) is 28.6. The Morgan fingerprint density at radius 1 is 0.683 bits per heavy atom. The number of Topliss-reactive ketones (excluding diaryl/α,β-unsaturated/α-hetero) is 2. The predicted molar refractivity (Wildman–Crippen MR) is 139 cm³/mol. The molecule has 0 spiro atoms. The third-order valence-corrected chi connectivity index (χ3v) is 6.98. The number of aromatic nitrogens is 2. The molecule has 0 amide bonds. The van der Waals surface area contributed by atoms with E-state index in [1.165, 1.54) is 16.7 Å². The van der Waals surface area contributed by atoms with Crippen LogP contribution in [-0.2, 0) is 0 Å². The van der Waals surface area contributed by atoms with Gasteiger partial charge in [0.2, 0.25) is 11.7 Å². The summed E-state index contributed by atoms with van der Waals surface area (Å²) >= 11 is 0. The molecule has 200 valence electrons. The molecule has 0 saturated heterocycles. The van der Waals surface area contributed by atoms with Gasteiger partial charge in [0.1, 0.15) is 5.56 Å². The molecule has 7 rings (SSSR count). The zero-order valence-electron chi connectivity index (χ0n) is 20.5. The minimum atomic E-state index is -2.30. The van der Waals surface area contributed by atoms with Crippen LogP contribution in [0, 0.1) is 29.1 Å². The summed E-state index contributed by atoms with van der Waals surface area (Å²) in [6.07, 6.45) is 1.36. The lowest BCUT2D eigenvalue weighted by atomic mass is 10.0. The van der Waals surface area contributed by atoms with Crippen molar-refractivity contribution in [1.29, 1.82) is 0 Å². The van der Waals surface area contributed by atoms with E-state index in [9.17, 15) is 31.5 Å². The van der Waals surface area contributed by atoms with E-state index in [-0.39, 0.29) is 33.6 Å². The number of carbonyl (C=O) groups is 2. The van der Waals surface area contributed by atoms with Gasteiger partial charge in [-0.25, -0.2) is 22.0 Å². The lowest BCUT2D eigenvalue weighted by molar-refractivity contribution is 0.0990. The van der Waals surface area contributed by atoms with Crippen LogP contribution in [0.5, 0.6) is 0 Å². The number of benzene rings is 4. The third kappa shape index (κ3) is 3.57. The van der Waals surface area contributed by atoms with Crippen molar-refractivity contribution in [1.82, 2.24) is 9.55 Å². The Kier molecular flexibility index (Phi) is 5.30. The summed E-state index contributed by atoms with van der Waals surface area (Å²) in [4.78, 5) is 30.7. The van der Waals surface area contributed by atoms with Crippen LogP contribution >= 0.6 is 0 Å². The van der Waals surface area contributed by atoms with Gasteiger partial charge in [-0.2, -0.15) is 4.98 Å². The monoisotopic (exact) mass is 556 g/mol. The number of nitrogens with zero attached hydrogens (tertiary/aromatic N) is 2. The van der Waals surface area contributed by atoms with Gasteiger partial charge in [0, 0.05) is 22.9 Å². The molecule has 2 heterocycles.